The molecule has 15 heavy (non-hydrogen) atoms. The predicted octanol–water partition coefficient (Wildman–Crippen LogP) is 2.33. The fraction of sp³-hybridized carbons (Fsp3) is 0.333. The number of carbonyl (C=O) groups is 1. The molecule has 0 aliphatic rings. The highest BCUT2D eigenvalue weighted by molar-refractivity contribution is 6.33. The van der Waals surface area contributed by atoms with Crippen LogP contribution in [0.25, 0.3) is 0 Å². The number of rotatable bonds is 1. The Morgan fingerprint density at radius 3 is 2.47 bits per heavy atom. The van der Waals surface area contributed by atoms with Gasteiger partial charge in [-0.05, 0) is 17.7 Å². The van der Waals surface area contributed by atoms with Crippen LogP contribution in [0, 0.1) is 0 Å². The fourth-order valence-corrected chi connectivity index (χ4v) is 1.17. The second-order valence-electron chi connectivity index (χ2n) is 2.20. The van der Waals surface area contributed by atoms with E-state index in [1.165, 1.54) is 13.2 Å². The summed E-state index contributed by atoms with van der Waals surface area (Å²) in [5.41, 5.74) is 0.0131. The zero-order valence-corrected chi connectivity index (χ0v) is 10.1. The van der Waals surface area contributed by atoms with Gasteiger partial charge in [-0.25, -0.2) is 4.79 Å². The number of hydrogen-bond acceptors (Lipinski definition) is 3. The van der Waals surface area contributed by atoms with Crippen LogP contribution in [0.5, 0.6) is 0 Å². The first kappa shape index (κ1) is 14.0. The monoisotopic (exact) mass is 252 g/mol. The first-order valence-corrected chi connectivity index (χ1v) is 5.00. The van der Waals surface area contributed by atoms with Crippen LogP contribution >= 0.6 is 23.2 Å². The molecule has 0 bridgehead atoms. The Morgan fingerprint density at radius 1 is 1.47 bits per heavy atom. The molecule has 1 rings (SSSR count). The molecule has 84 valence electrons. The van der Waals surface area contributed by atoms with E-state index in [2.05, 4.69) is 4.74 Å². The molecule has 1 heterocycles. The molecule has 0 fully saturated rings. The van der Waals surface area contributed by atoms with Crippen LogP contribution in [0.4, 0.5) is 0 Å². The molecule has 1 aromatic heterocycles. The minimum absolute atomic E-state index is 0.0131. The third kappa shape index (κ3) is 3.57. The quantitative estimate of drug-likeness (QED) is 0.361. The van der Waals surface area contributed by atoms with E-state index in [1.54, 1.807) is 0 Å². The summed E-state index contributed by atoms with van der Waals surface area (Å²) in [7, 11) is 1.21. The van der Waals surface area contributed by atoms with Crippen molar-refractivity contribution in [3.8, 4) is 0 Å². The summed E-state index contributed by atoms with van der Waals surface area (Å²) in [4.78, 5) is 11.0. The largest absolute Gasteiger partial charge is 0.465 e. The van der Waals surface area contributed by atoms with E-state index in [-0.39, 0.29) is 15.7 Å². The van der Waals surface area contributed by atoms with E-state index < -0.39 is 5.97 Å². The Hall–Kier alpha value is -1.00. The number of aromatic nitrogens is 1. The van der Waals surface area contributed by atoms with Crippen molar-refractivity contribution < 1.29 is 19.5 Å². The minimum atomic E-state index is -0.657. The average molecular weight is 253 g/mol. The summed E-state index contributed by atoms with van der Waals surface area (Å²) < 4.78 is 4.97. The lowest BCUT2D eigenvalue weighted by Gasteiger charge is -1.98. The van der Waals surface area contributed by atoms with Crippen molar-refractivity contribution in [1.82, 2.24) is 0 Å². The average Bonchev–Trinajstić information content (AvgIpc) is 2.25. The molecule has 1 aromatic rings. The number of pyridine rings is 1. The van der Waals surface area contributed by atoms with Gasteiger partial charge in [0.15, 0.2) is 5.56 Å². The zero-order valence-electron chi connectivity index (χ0n) is 8.62. The van der Waals surface area contributed by atoms with Crippen LogP contribution in [-0.4, -0.2) is 18.3 Å². The summed E-state index contributed by atoms with van der Waals surface area (Å²) in [6.45, 7) is 4.00. The topological polar surface area (TPSA) is 50.4 Å². The van der Waals surface area contributed by atoms with E-state index in [0.29, 0.717) is 4.73 Å². The van der Waals surface area contributed by atoms with Gasteiger partial charge in [-0.15, -0.1) is 0 Å². The number of esters is 1. The number of halogens is 2. The first-order chi connectivity index (χ1) is 7.06. The van der Waals surface area contributed by atoms with Crippen LogP contribution in [0.2, 0.25) is 10.2 Å². The third-order valence-corrected chi connectivity index (χ3v) is 1.94. The molecule has 6 heteroatoms. The second-order valence-corrected chi connectivity index (χ2v) is 2.99. The van der Waals surface area contributed by atoms with Crippen molar-refractivity contribution in [2.45, 2.75) is 13.8 Å². The lowest BCUT2D eigenvalue weighted by Crippen LogP contribution is -2.32. The molecule has 0 aliphatic heterocycles. The number of carbonyl (C=O) groups excluding carboxylic acids is 1. The van der Waals surface area contributed by atoms with Crippen LogP contribution < -0.4 is 4.73 Å². The molecule has 0 amide bonds. The standard InChI is InChI=1S/C7H6Cl2NO3.C2H6/c1-13-7(11)5-2-4(8)3-10(12)6(5)9;1-2/h2-3,12H,1H3;1-2H3/q+1;. The van der Waals surface area contributed by atoms with Gasteiger partial charge in [0.2, 0.25) is 6.20 Å². The molecule has 0 saturated heterocycles. The SMILES string of the molecule is CC.COC(=O)c1cc(Cl)c[n+](O)c1Cl. The number of nitrogens with zero attached hydrogens (tertiary/aromatic N) is 1. The number of methoxy groups -OCH3 is 1. The van der Waals surface area contributed by atoms with Crippen LogP contribution in [0.1, 0.15) is 24.2 Å². The first-order valence-electron chi connectivity index (χ1n) is 4.24. The Kier molecular flexibility index (Phi) is 6.05. The van der Waals surface area contributed by atoms with Crippen molar-refractivity contribution in [2.75, 3.05) is 7.11 Å². The summed E-state index contributed by atoms with van der Waals surface area (Å²) >= 11 is 11.2. The van der Waals surface area contributed by atoms with E-state index in [9.17, 15) is 4.79 Å². The van der Waals surface area contributed by atoms with Gasteiger partial charge in [-0.2, -0.15) is 0 Å². The highest BCUT2D eigenvalue weighted by Crippen LogP contribution is 2.16. The molecule has 0 atom stereocenters. The molecule has 0 aromatic carbocycles. The summed E-state index contributed by atoms with van der Waals surface area (Å²) in [5.74, 6) is -0.657. The lowest BCUT2D eigenvalue weighted by atomic mass is 10.3. The van der Waals surface area contributed by atoms with E-state index >= 15 is 0 Å². The van der Waals surface area contributed by atoms with Crippen molar-refractivity contribution in [2.24, 2.45) is 0 Å². The van der Waals surface area contributed by atoms with E-state index in [4.69, 9.17) is 28.4 Å². The van der Waals surface area contributed by atoms with Crippen molar-refractivity contribution in [3.05, 3.63) is 28.0 Å². The number of hydrogen-bond donors (Lipinski definition) is 1. The van der Waals surface area contributed by atoms with Crippen molar-refractivity contribution in [1.29, 1.82) is 0 Å². The summed E-state index contributed by atoms with van der Waals surface area (Å²) in [6, 6.07) is 1.31. The van der Waals surface area contributed by atoms with Crippen LogP contribution in [0.3, 0.4) is 0 Å². The maximum Gasteiger partial charge on any atom is 0.345 e. The molecular weight excluding hydrogens is 241 g/mol. The van der Waals surface area contributed by atoms with Gasteiger partial charge in [0.25, 0.3) is 0 Å². The Labute approximate surface area is 98.0 Å². The van der Waals surface area contributed by atoms with Gasteiger partial charge in [-0.1, -0.05) is 25.4 Å². The van der Waals surface area contributed by atoms with Crippen molar-refractivity contribution in [3.63, 3.8) is 0 Å². The van der Waals surface area contributed by atoms with Crippen LogP contribution in [-0.2, 0) is 4.74 Å². The van der Waals surface area contributed by atoms with Gasteiger partial charge >= 0.3 is 11.1 Å². The van der Waals surface area contributed by atoms with Gasteiger partial charge in [0, 0.05) is 4.73 Å². The highest BCUT2D eigenvalue weighted by atomic mass is 35.5. The molecule has 0 saturated carbocycles. The molecule has 0 aliphatic carbocycles. The molecular formula is C9H12Cl2NO3+. The minimum Gasteiger partial charge on any atom is -0.465 e. The molecule has 0 spiro atoms. The predicted molar refractivity (Wildman–Crippen MR) is 56.5 cm³/mol. The summed E-state index contributed by atoms with van der Waals surface area (Å²) in [5, 5.41) is 9.16. The highest BCUT2D eigenvalue weighted by Gasteiger charge is 2.22. The lowest BCUT2D eigenvalue weighted by molar-refractivity contribution is -0.903. The Bertz CT molecular complexity index is 355. The Balaban J connectivity index is 0.000000921. The smallest absolute Gasteiger partial charge is 0.345 e. The second kappa shape index (κ2) is 6.48. The van der Waals surface area contributed by atoms with Gasteiger partial charge in [0.05, 0.1) is 7.11 Å². The summed E-state index contributed by atoms with van der Waals surface area (Å²) in [6.07, 6.45) is 1.16. The maximum absolute atomic E-state index is 11.0. The fourth-order valence-electron chi connectivity index (χ4n) is 0.785. The Morgan fingerprint density at radius 2 is 2.00 bits per heavy atom. The van der Waals surface area contributed by atoms with Gasteiger partial charge in [0.1, 0.15) is 5.02 Å². The molecule has 1 N–H and O–H groups in total. The van der Waals surface area contributed by atoms with Crippen LogP contribution in [0.15, 0.2) is 12.3 Å². The maximum atomic E-state index is 11.0. The zero-order chi connectivity index (χ0) is 12.0. The van der Waals surface area contributed by atoms with Gasteiger partial charge in [-0.3, -0.25) is 5.21 Å². The third-order valence-electron chi connectivity index (χ3n) is 1.36. The number of ether oxygens (including phenoxy) is 1. The molecule has 0 radical (unpaired) electrons. The van der Waals surface area contributed by atoms with E-state index in [1.807, 2.05) is 13.8 Å². The molecule has 0 unspecified atom stereocenters. The van der Waals surface area contributed by atoms with Gasteiger partial charge < -0.3 is 4.74 Å². The molecule has 4 nitrogen and oxygen atoms in total. The van der Waals surface area contributed by atoms with E-state index in [0.717, 1.165) is 6.20 Å². The van der Waals surface area contributed by atoms with Crippen molar-refractivity contribution >= 4 is 29.2 Å². The normalized spacial score (nSPS) is 8.87.